The third kappa shape index (κ3) is 3.66. The van der Waals surface area contributed by atoms with Gasteiger partial charge in [-0.1, -0.05) is 0 Å². The second kappa shape index (κ2) is 6.64. The van der Waals surface area contributed by atoms with E-state index >= 15 is 0 Å². The monoisotopic (exact) mass is 314 g/mol. The van der Waals surface area contributed by atoms with Crippen molar-refractivity contribution in [1.82, 2.24) is 4.31 Å². The minimum atomic E-state index is -3.63. The van der Waals surface area contributed by atoms with E-state index in [0.717, 1.165) is 19.3 Å². The summed E-state index contributed by atoms with van der Waals surface area (Å²) >= 11 is 0. The molecule has 1 aliphatic heterocycles. The highest BCUT2D eigenvalue weighted by molar-refractivity contribution is 7.89. The number of anilines is 1. The second-order valence-electron chi connectivity index (χ2n) is 5.18. The molecule has 0 aromatic heterocycles. The first-order valence-electron chi connectivity index (χ1n) is 6.96. The molecule has 118 valence electrons. The lowest BCUT2D eigenvalue weighted by molar-refractivity contribution is 0.00857. The van der Waals surface area contributed by atoms with Crippen LogP contribution in [0, 0.1) is 0 Å². The van der Waals surface area contributed by atoms with Gasteiger partial charge in [-0.05, 0) is 31.4 Å². The molecule has 2 N–H and O–H groups in total. The molecule has 2 rings (SSSR count). The van der Waals surface area contributed by atoms with Gasteiger partial charge in [-0.25, -0.2) is 8.42 Å². The van der Waals surface area contributed by atoms with E-state index in [1.165, 1.54) is 23.5 Å². The molecule has 6 nitrogen and oxygen atoms in total. The summed E-state index contributed by atoms with van der Waals surface area (Å²) < 4.78 is 37.3. The van der Waals surface area contributed by atoms with Crippen LogP contribution in [0.5, 0.6) is 5.75 Å². The lowest BCUT2D eigenvalue weighted by Crippen LogP contribution is -2.37. The van der Waals surface area contributed by atoms with Crippen molar-refractivity contribution in [2.75, 3.05) is 33.0 Å². The molecule has 1 heterocycles. The van der Waals surface area contributed by atoms with Crippen LogP contribution in [-0.2, 0) is 14.8 Å². The van der Waals surface area contributed by atoms with Gasteiger partial charge in [0.2, 0.25) is 10.0 Å². The summed E-state index contributed by atoms with van der Waals surface area (Å²) in [6.45, 7) is 1.04. The molecule has 0 radical (unpaired) electrons. The summed E-state index contributed by atoms with van der Waals surface area (Å²) in [5.41, 5.74) is 6.13. The largest absolute Gasteiger partial charge is 0.495 e. The molecule has 1 aromatic carbocycles. The summed E-state index contributed by atoms with van der Waals surface area (Å²) in [5.74, 6) is 0.256. The van der Waals surface area contributed by atoms with Gasteiger partial charge in [-0.15, -0.1) is 0 Å². The molecule has 1 fully saturated rings. The van der Waals surface area contributed by atoms with E-state index in [4.69, 9.17) is 15.2 Å². The van der Waals surface area contributed by atoms with E-state index < -0.39 is 10.0 Å². The van der Waals surface area contributed by atoms with Crippen molar-refractivity contribution in [3.05, 3.63) is 18.2 Å². The maximum absolute atomic E-state index is 12.6. The van der Waals surface area contributed by atoms with Crippen LogP contribution >= 0.6 is 0 Å². The van der Waals surface area contributed by atoms with Crippen molar-refractivity contribution in [1.29, 1.82) is 0 Å². The van der Waals surface area contributed by atoms with Crippen molar-refractivity contribution >= 4 is 15.7 Å². The molecular formula is C14H22N2O4S. The van der Waals surface area contributed by atoms with E-state index in [1.807, 2.05) is 0 Å². The Hall–Kier alpha value is -1.31. The Morgan fingerprint density at radius 1 is 1.43 bits per heavy atom. The number of rotatable bonds is 5. The third-order valence-electron chi connectivity index (χ3n) is 3.61. The number of methoxy groups -OCH3 is 1. The summed E-state index contributed by atoms with van der Waals surface area (Å²) in [6, 6.07) is 4.54. The second-order valence-corrected chi connectivity index (χ2v) is 7.20. The van der Waals surface area contributed by atoms with Crippen molar-refractivity contribution in [3.8, 4) is 5.75 Å². The molecule has 1 saturated heterocycles. The smallest absolute Gasteiger partial charge is 0.246 e. The van der Waals surface area contributed by atoms with Gasteiger partial charge in [0, 0.05) is 32.0 Å². The van der Waals surface area contributed by atoms with Crippen molar-refractivity contribution < 1.29 is 17.9 Å². The summed E-state index contributed by atoms with van der Waals surface area (Å²) in [5, 5.41) is 0. The molecule has 7 heteroatoms. The number of likely N-dealkylation sites (N-methyl/N-ethyl adjacent to an activating group) is 1. The SMILES string of the molecule is COc1cc(N)ccc1S(=O)(=O)N(C)CC1CCCCO1. The van der Waals surface area contributed by atoms with Crippen molar-refractivity contribution in [2.24, 2.45) is 0 Å². The zero-order valence-electron chi connectivity index (χ0n) is 12.4. The van der Waals surface area contributed by atoms with Gasteiger partial charge in [0.25, 0.3) is 0 Å². The number of ether oxygens (including phenoxy) is 2. The first-order valence-corrected chi connectivity index (χ1v) is 8.40. The summed E-state index contributed by atoms with van der Waals surface area (Å²) in [7, 11) is -0.638. The van der Waals surface area contributed by atoms with Gasteiger partial charge < -0.3 is 15.2 Å². The molecule has 1 aliphatic rings. The highest BCUT2D eigenvalue weighted by atomic mass is 32.2. The first-order chi connectivity index (χ1) is 9.95. The highest BCUT2D eigenvalue weighted by Gasteiger charge is 2.28. The predicted octanol–water partition coefficient (Wildman–Crippen LogP) is 1.47. The summed E-state index contributed by atoms with van der Waals surface area (Å²) in [6.07, 6.45) is 2.96. The number of sulfonamides is 1. The van der Waals surface area contributed by atoms with E-state index in [2.05, 4.69) is 0 Å². The average molecular weight is 314 g/mol. The fourth-order valence-corrected chi connectivity index (χ4v) is 3.74. The number of benzene rings is 1. The van der Waals surface area contributed by atoms with Crippen LogP contribution in [0.2, 0.25) is 0 Å². The van der Waals surface area contributed by atoms with Gasteiger partial charge in [0.15, 0.2) is 0 Å². The molecule has 1 aromatic rings. The molecule has 0 bridgehead atoms. The van der Waals surface area contributed by atoms with Gasteiger partial charge in [-0.2, -0.15) is 4.31 Å². The van der Waals surface area contributed by atoms with Gasteiger partial charge in [0.05, 0.1) is 13.2 Å². The molecule has 1 atom stereocenters. The Bertz CT molecular complexity index is 583. The van der Waals surface area contributed by atoms with Gasteiger partial charge in [0.1, 0.15) is 10.6 Å². The molecule has 21 heavy (non-hydrogen) atoms. The van der Waals surface area contributed by atoms with Crippen molar-refractivity contribution in [3.63, 3.8) is 0 Å². The Morgan fingerprint density at radius 2 is 2.19 bits per heavy atom. The van der Waals surface area contributed by atoms with E-state index in [1.54, 1.807) is 13.1 Å². The van der Waals surface area contributed by atoms with Crippen LogP contribution in [0.3, 0.4) is 0 Å². The average Bonchev–Trinajstić information content (AvgIpc) is 2.47. The standard InChI is InChI=1S/C14H22N2O4S/c1-16(10-12-5-3-4-8-20-12)21(17,18)14-7-6-11(15)9-13(14)19-2/h6-7,9,12H,3-5,8,10,15H2,1-2H3. The molecular weight excluding hydrogens is 292 g/mol. The van der Waals surface area contributed by atoms with Gasteiger partial charge >= 0.3 is 0 Å². The highest BCUT2D eigenvalue weighted by Crippen LogP contribution is 2.28. The van der Waals surface area contributed by atoms with Gasteiger partial charge in [-0.3, -0.25) is 0 Å². The summed E-state index contributed by atoms with van der Waals surface area (Å²) in [4.78, 5) is 0.123. The topological polar surface area (TPSA) is 81.9 Å². The lowest BCUT2D eigenvalue weighted by Gasteiger charge is -2.27. The quantitative estimate of drug-likeness (QED) is 0.832. The predicted molar refractivity (Wildman–Crippen MR) is 80.8 cm³/mol. The molecule has 1 unspecified atom stereocenters. The third-order valence-corrected chi connectivity index (χ3v) is 5.47. The van der Waals surface area contributed by atoms with E-state index in [-0.39, 0.29) is 16.7 Å². The Labute approximate surface area is 125 Å². The molecule has 0 amide bonds. The lowest BCUT2D eigenvalue weighted by atomic mass is 10.1. The zero-order valence-corrected chi connectivity index (χ0v) is 13.2. The van der Waals surface area contributed by atoms with E-state index in [0.29, 0.717) is 18.8 Å². The van der Waals surface area contributed by atoms with Crippen LogP contribution in [-0.4, -0.2) is 46.1 Å². The van der Waals surface area contributed by atoms with Crippen molar-refractivity contribution in [2.45, 2.75) is 30.3 Å². The van der Waals surface area contributed by atoms with Crippen LogP contribution in [0.15, 0.2) is 23.1 Å². The number of nitrogens with two attached hydrogens (primary N) is 1. The minimum Gasteiger partial charge on any atom is -0.495 e. The fourth-order valence-electron chi connectivity index (χ4n) is 2.40. The first kappa shape index (κ1) is 16.1. The van der Waals surface area contributed by atoms with Crippen LogP contribution in [0.1, 0.15) is 19.3 Å². The normalized spacial score (nSPS) is 19.7. The minimum absolute atomic E-state index is 0.0432. The Kier molecular flexibility index (Phi) is 5.08. The van der Waals surface area contributed by atoms with Crippen LogP contribution in [0.25, 0.3) is 0 Å². The van der Waals surface area contributed by atoms with Crippen LogP contribution in [0.4, 0.5) is 5.69 Å². The molecule has 0 spiro atoms. The number of hydrogen-bond donors (Lipinski definition) is 1. The number of nitrogens with zero attached hydrogens (tertiary/aromatic N) is 1. The molecule has 0 aliphatic carbocycles. The molecule has 0 saturated carbocycles. The Balaban J connectivity index is 2.20. The Morgan fingerprint density at radius 3 is 2.81 bits per heavy atom. The van der Waals surface area contributed by atoms with Crippen LogP contribution < -0.4 is 10.5 Å². The fraction of sp³-hybridized carbons (Fsp3) is 0.571. The number of nitrogen functional groups attached to an aromatic ring is 1. The van der Waals surface area contributed by atoms with E-state index in [9.17, 15) is 8.42 Å². The zero-order chi connectivity index (χ0) is 15.5. The number of hydrogen-bond acceptors (Lipinski definition) is 5. The maximum Gasteiger partial charge on any atom is 0.246 e. The maximum atomic E-state index is 12.6.